The Kier molecular flexibility index (Phi) is 8.31. The quantitative estimate of drug-likeness (QED) is 0.173. The van der Waals surface area contributed by atoms with Crippen LogP contribution in [0.15, 0.2) is 126 Å². The molecule has 0 aliphatic rings. The second kappa shape index (κ2) is 12.2. The molecule has 3 heterocycles. The Morgan fingerprint density at radius 1 is 0.625 bits per heavy atom. The van der Waals surface area contributed by atoms with Gasteiger partial charge in [-0.1, -0.05) is 83.2 Å². The molecule has 0 atom stereocenters. The van der Waals surface area contributed by atoms with Gasteiger partial charge in [0.1, 0.15) is 5.58 Å². The summed E-state index contributed by atoms with van der Waals surface area (Å²) in [5.74, 6) is 0. The zero-order valence-corrected chi connectivity index (χ0v) is 24.6. The van der Waals surface area contributed by atoms with Crippen LogP contribution in [0.2, 0.25) is 0 Å². The van der Waals surface area contributed by atoms with E-state index in [4.69, 9.17) is 4.42 Å². The van der Waals surface area contributed by atoms with Crippen molar-refractivity contribution >= 4 is 21.9 Å². The van der Waals surface area contributed by atoms with Gasteiger partial charge in [-0.3, -0.25) is 0 Å². The summed E-state index contributed by atoms with van der Waals surface area (Å²) in [7, 11) is 0. The molecule has 4 aromatic carbocycles. The van der Waals surface area contributed by atoms with Crippen LogP contribution in [0.4, 0.5) is 0 Å². The Hall–Kier alpha value is -4.37. The van der Waals surface area contributed by atoms with Crippen LogP contribution >= 0.6 is 0 Å². The summed E-state index contributed by atoms with van der Waals surface area (Å²) >= 11 is 0. The first-order valence-electron chi connectivity index (χ1n) is 12.9. The number of nitrogens with zero attached hydrogens (tertiary/aromatic N) is 2. The maximum atomic E-state index is 6.35. The van der Waals surface area contributed by atoms with E-state index >= 15 is 0 Å². The second-order valence-electron chi connectivity index (χ2n) is 9.39. The minimum absolute atomic E-state index is 0. The van der Waals surface area contributed by atoms with Gasteiger partial charge in [0.25, 0.3) is 0 Å². The molecular formula is C36H26IrN2O-2. The normalized spacial score (nSPS) is 10.6. The molecule has 3 aromatic heterocycles. The number of furan rings is 1. The maximum Gasteiger partial charge on any atom is 0.128 e. The number of pyridine rings is 2. The number of hydrogen-bond acceptors (Lipinski definition) is 3. The van der Waals surface area contributed by atoms with Crippen LogP contribution in [-0.2, 0) is 20.1 Å². The van der Waals surface area contributed by atoms with Gasteiger partial charge in [0.05, 0.1) is 5.58 Å². The molecule has 0 amide bonds. The largest absolute Gasteiger partial charge is 0.500 e. The molecule has 4 heteroatoms. The first-order valence-corrected chi connectivity index (χ1v) is 12.9. The summed E-state index contributed by atoms with van der Waals surface area (Å²) in [6, 6.07) is 42.9. The summed E-state index contributed by atoms with van der Waals surface area (Å²) in [5, 5.41) is 2.20. The number of para-hydroxylation sites is 1. The molecule has 1 radical (unpaired) electrons. The van der Waals surface area contributed by atoms with Crippen LogP contribution in [0.3, 0.4) is 0 Å². The van der Waals surface area contributed by atoms with Gasteiger partial charge in [-0.25, -0.2) is 0 Å². The van der Waals surface area contributed by atoms with Gasteiger partial charge in [-0.05, 0) is 42.4 Å². The SMILES string of the molecule is Cc1cnc(-c2[c-]cccc2)cc1C.[Ir].[c-]1ccc2c(oc3c(-c4ccccc4)cccc32)c1-c1ccccn1. The predicted molar refractivity (Wildman–Crippen MR) is 159 cm³/mol. The van der Waals surface area contributed by atoms with Gasteiger partial charge >= 0.3 is 0 Å². The van der Waals surface area contributed by atoms with Crippen molar-refractivity contribution in [1.82, 2.24) is 9.97 Å². The summed E-state index contributed by atoms with van der Waals surface area (Å²) in [5.41, 5.74) is 10.3. The average Bonchev–Trinajstić information content (AvgIpc) is 3.39. The first-order chi connectivity index (χ1) is 19.2. The number of hydrogen-bond donors (Lipinski definition) is 0. The Labute approximate surface area is 247 Å². The van der Waals surface area contributed by atoms with E-state index in [1.54, 1.807) is 6.20 Å². The molecule has 0 aliphatic heterocycles. The van der Waals surface area contributed by atoms with Crippen molar-refractivity contribution in [2.45, 2.75) is 13.8 Å². The summed E-state index contributed by atoms with van der Waals surface area (Å²) in [4.78, 5) is 8.84. The van der Waals surface area contributed by atoms with E-state index in [-0.39, 0.29) is 20.1 Å². The fourth-order valence-electron chi connectivity index (χ4n) is 4.63. The van der Waals surface area contributed by atoms with Crippen LogP contribution in [0.1, 0.15) is 11.1 Å². The molecule has 0 fully saturated rings. The third-order valence-electron chi connectivity index (χ3n) is 6.82. The Morgan fingerprint density at radius 3 is 2.17 bits per heavy atom. The Bertz CT molecular complexity index is 1770. The average molecular weight is 695 g/mol. The van der Waals surface area contributed by atoms with E-state index in [1.807, 2.05) is 72.9 Å². The topological polar surface area (TPSA) is 38.9 Å². The molecule has 0 saturated heterocycles. The van der Waals surface area contributed by atoms with Gasteiger partial charge in [0.2, 0.25) is 0 Å². The van der Waals surface area contributed by atoms with Crippen LogP contribution < -0.4 is 0 Å². The molecular weight excluding hydrogens is 669 g/mol. The minimum Gasteiger partial charge on any atom is -0.500 e. The van der Waals surface area contributed by atoms with Crippen LogP contribution in [0.5, 0.6) is 0 Å². The fraction of sp³-hybridized carbons (Fsp3) is 0.0556. The molecule has 0 spiro atoms. The number of rotatable bonds is 3. The zero-order valence-electron chi connectivity index (χ0n) is 22.2. The van der Waals surface area contributed by atoms with Gasteiger partial charge < -0.3 is 14.4 Å². The molecule has 7 rings (SSSR count). The summed E-state index contributed by atoms with van der Waals surface area (Å²) < 4.78 is 6.35. The molecule has 3 nitrogen and oxygen atoms in total. The third kappa shape index (κ3) is 5.51. The number of benzene rings is 4. The van der Waals surface area contributed by atoms with E-state index in [9.17, 15) is 0 Å². The smallest absolute Gasteiger partial charge is 0.128 e. The molecule has 0 unspecified atom stereocenters. The fourth-order valence-corrected chi connectivity index (χ4v) is 4.63. The third-order valence-corrected chi connectivity index (χ3v) is 6.82. The molecule has 0 saturated carbocycles. The molecule has 0 aliphatic carbocycles. The van der Waals surface area contributed by atoms with E-state index < -0.39 is 0 Å². The first kappa shape index (κ1) is 27.2. The van der Waals surface area contributed by atoms with Crippen molar-refractivity contribution in [3.8, 4) is 33.6 Å². The number of aryl methyl sites for hydroxylation is 2. The Balaban J connectivity index is 0.000000184. The van der Waals surface area contributed by atoms with Crippen molar-refractivity contribution < 1.29 is 24.5 Å². The van der Waals surface area contributed by atoms with E-state index in [2.05, 4.69) is 78.4 Å². The van der Waals surface area contributed by atoms with Gasteiger partial charge in [-0.15, -0.1) is 54.1 Å². The van der Waals surface area contributed by atoms with Crippen molar-refractivity contribution in [2.24, 2.45) is 0 Å². The number of aromatic nitrogens is 2. The molecule has 197 valence electrons. The summed E-state index contributed by atoms with van der Waals surface area (Å²) in [6.07, 6.45) is 3.70. The van der Waals surface area contributed by atoms with E-state index in [0.29, 0.717) is 0 Å². The molecule has 0 N–H and O–H groups in total. The molecule has 7 aromatic rings. The molecule has 0 bridgehead atoms. The van der Waals surface area contributed by atoms with Gasteiger partial charge in [0.15, 0.2) is 0 Å². The monoisotopic (exact) mass is 695 g/mol. The van der Waals surface area contributed by atoms with Crippen molar-refractivity contribution in [2.75, 3.05) is 0 Å². The van der Waals surface area contributed by atoms with Crippen molar-refractivity contribution in [3.05, 3.63) is 145 Å². The Morgan fingerprint density at radius 2 is 1.43 bits per heavy atom. The number of fused-ring (bicyclic) bond motifs is 3. The molecule has 40 heavy (non-hydrogen) atoms. The van der Waals surface area contributed by atoms with E-state index in [1.165, 1.54) is 11.1 Å². The van der Waals surface area contributed by atoms with Crippen LogP contribution in [0.25, 0.3) is 55.6 Å². The van der Waals surface area contributed by atoms with Gasteiger partial charge in [-0.2, -0.15) is 0 Å². The predicted octanol–water partition coefficient (Wildman–Crippen LogP) is 9.28. The second-order valence-corrected chi connectivity index (χ2v) is 9.39. The van der Waals surface area contributed by atoms with Crippen LogP contribution in [-0.4, -0.2) is 9.97 Å². The standard InChI is InChI=1S/C23H14NO.C13H12N.Ir/c1-2-8-16(9-3-1)17-10-6-11-18-19-12-7-13-20(23(19)25-22(17)18)21-14-4-5-15-24-21;1-10-8-13(14-9-11(10)2)12-6-4-3-5-7-12;/h1-12,14-15H;3-6,8-9H,1-2H3;/q2*-1;. The van der Waals surface area contributed by atoms with Crippen LogP contribution in [0, 0.1) is 26.0 Å². The van der Waals surface area contributed by atoms with Gasteiger partial charge in [0, 0.05) is 43.4 Å². The summed E-state index contributed by atoms with van der Waals surface area (Å²) in [6.45, 7) is 4.17. The minimum atomic E-state index is 0. The zero-order chi connectivity index (χ0) is 26.6. The maximum absolute atomic E-state index is 6.35. The van der Waals surface area contributed by atoms with E-state index in [0.717, 1.165) is 55.6 Å². The van der Waals surface area contributed by atoms with Crippen molar-refractivity contribution in [3.63, 3.8) is 0 Å². The van der Waals surface area contributed by atoms with Crippen molar-refractivity contribution in [1.29, 1.82) is 0 Å².